The molecular formula is C28H26ClF3N4O3. The minimum atomic E-state index is -4.79. The fourth-order valence-corrected chi connectivity index (χ4v) is 4.07. The normalized spacial score (nSPS) is 11.9. The third-order valence-electron chi connectivity index (χ3n) is 5.90. The van der Waals surface area contributed by atoms with Gasteiger partial charge in [0.25, 0.3) is 5.91 Å². The number of fused-ring (bicyclic) bond motifs is 1. The van der Waals surface area contributed by atoms with Gasteiger partial charge in [0.15, 0.2) is 0 Å². The van der Waals surface area contributed by atoms with E-state index in [9.17, 15) is 22.8 Å². The van der Waals surface area contributed by atoms with Crippen molar-refractivity contribution in [3.63, 3.8) is 0 Å². The highest BCUT2D eigenvalue weighted by molar-refractivity contribution is 6.34. The number of nitrogens with one attached hydrogen (secondary N) is 2. The molecule has 0 aliphatic rings. The number of anilines is 1. The molecule has 11 heteroatoms. The molecule has 4 rings (SSSR count). The summed E-state index contributed by atoms with van der Waals surface area (Å²) in [5.41, 5.74) is 2.30. The van der Waals surface area contributed by atoms with Gasteiger partial charge in [-0.25, -0.2) is 4.68 Å². The van der Waals surface area contributed by atoms with Crippen LogP contribution in [0.15, 0.2) is 60.8 Å². The second-order valence-corrected chi connectivity index (χ2v) is 10.4. The zero-order chi connectivity index (χ0) is 28.5. The van der Waals surface area contributed by atoms with E-state index in [2.05, 4.69) is 20.5 Å². The topological polar surface area (TPSA) is 85.3 Å². The molecule has 0 aliphatic carbocycles. The van der Waals surface area contributed by atoms with Gasteiger partial charge in [-0.2, -0.15) is 5.10 Å². The summed E-state index contributed by atoms with van der Waals surface area (Å²) < 4.78 is 43.5. The number of aryl methyl sites for hydroxylation is 1. The van der Waals surface area contributed by atoms with E-state index in [0.29, 0.717) is 27.8 Å². The fraction of sp³-hybridized carbons (Fsp3) is 0.250. The number of amides is 2. The lowest BCUT2D eigenvalue weighted by atomic mass is 9.95. The van der Waals surface area contributed by atoms with Crippen molar-refractivity contribution in [3.05, 3.63) is 82.5 Å². The Hall–Kier alpha value is -4.05. The van der Waals surface area contributed by atoms with E-state index in [1.807, 2.05) is 20.8 Å². The molecule has 0 saturated carbocycles. The summed E-state index contributed by atoms with van der Waals surface area (Å²) in [5.74, 6) is -0.869. The van der Waals surface area contributed by atoms with Crippen LogP contribution >= 0.6 is 11.6 Å². The number of hydrogen-bond acceptors (Lipinski definition) is 4. The molecule has 0 atom stereocenters. The van der Waals surface area contributed by atoms with Crippen LogP contribution in [-0.4, -0.2) is 28.0 Å². The van der Waals surface area contributed by atoms with Crippen molar-refractivity contribution >= 4 is 40.0 Å². The Bertz CT molecular complexity index is 1560. The molecule has 0 spiro atoms. The maximum absolute atomic E-state index is 13.2. The number of alkyl halides is 3. The van der Waals surface area contributed by atoms with Crippen molar-refractivity contribution in [2.75, 3.05) is 5.32 Å². The summed E-state index contributed by atoms with van der Waals surface area (Å²) in [6, 6.07) is 14.4. The van der Waals surface area contributed by atoms with Crippen LogP contribution in [0.4, 0.5) is 18.9 Å². The van der Waals surface area contributed by atoms with E-state index >= 15 is 0 Å². The van der Waals surface area contributed by atoms with Gasteiger partial charge in [-0.15, -0.1) is 13.2 Å². The third-order valence-corrected chi connectivity index (χ3v) is 6.23. The number of rotatable bonds is 6. The van der Waals surface area contributed by atoms with Crippen molar-refractivity contribution < 1.29 is 27.5 Å². The number of aromatic nitrogens is 2. The minimum absolute atomic E-state index is 0.121. The average Bonchev–Trinajstić information content (AvgIpc) is 3.28. The summed E-state index contributed by atoms with van der Waals surface area (Å²) >= 11 is 6.32. The molecule has 0 aliphatic heterocycles. The SMILES string of the molecule is Cc1cc(-n2ncc3c(NC(=O)c4cc(CNC(=O)C(C)(C)C)ccc4Cl)cccc32)ccc1OC(F)(F)F. The Morgan fingerprint density at radius 2 is 1.79 bits per heavy atom. The van der Waals surface area contributed by atoms with Crippen LogP contribution in [0, 0.1) is 12.3 Å². The lowest BCUT2D eigenvalue weighted by Crippen LogP contribution is -2.34. The van der Waals surface area contributed by atoms with Gasteiger partial charge in [0.1, 0.15) is 5.75 Å². The molecule has 2 amide bonds. The van der Waals surface area contributed by atoms with Crippen molar-refractivity contribution in [3.8, 4) is 11.4 Å². The predicted octanol–water partition coefficient (Wildman–Crippen LogP) is 6.80. The highest BCUT2D eigenvalue weighted by Gasteiger charge is 2.31. The number of hydrogen-bond donors (Lipinski definition) is 2. The lowest BCUT2D eigenvalue weighted by molar-refractivity contribution is -0.274. The molecule has 3 aromatic carbocycles. The van der Waals surface area contributed by atoms with Crippen LogP contribution in [0.25, 0.3) is 16.6 Å². The molecule has 1 heterocycles. The Labute approximate surface area is 227 Å². The van der Waals surface area contributed by atoms with Crippen molar-refractivity contribution in [2.24, 2.45) is 5.41 Å². The van der Waals surface area contributed by atoms with Crippen molar-refractivity contribution in [2.45, 2.75) is 40.6 Å². The maximum Gasteiger partial charge on any atom is 0.573 e. The largest absolute Gasteiger partial charge is 0.573 e. The van der Waals surface area contributed by atoms with E-state index in [0.717, 1.165) is 0 Å². The second-order valence-electron chi connectivity index (χ2n) is 9.99. The molecule has 0 saturated heterocycles. The first-order valence-corrected chi connectivity index (χ1v) is 12.3. The molecular weight excluding hydrogens is 533 g/mol. The highest BCUT2D eigenvalue weighted by Crippen LogP contribution is 2.31. The molecule has 7 nitrogen and oxygen atoms in total. The second kappa shape index (κ2) is 10.6. The molecule has 4 aromatic rings. The zero-order valence-corrected chi connectivity index (χ0v) is 22.4. The van der Waals surface area contributed by atoms with Crippen LogP contribution in [0.5, 0.6) is 5.75 Å². The van der Waals surface area contributed by atoms with Crippen molar-refractivity contribution in [1.29, 1.82) is 0 Å². The van der Waals surface area contributed by atoms with E-state index in [4.69, 9.17) is 11.6 Å². The molecule has 0 bridgehead atoms. The van der Waals surface area contributed by atoms with E-state index in [-0.39, 0.29) is 34.4 Å². The average molecular weight is 559 g/mol. The number of halogens is 4. The molecule has 2 N–H and O–H groups in total. The van der Waals surface area contributed by atoms with E-state index in [1.165, 1.54) is 25.1 Å². The Balaban J connectivity index is 1.57. The summed E-state index contributed by atoms with van der Waals surface area (Å²) in [6.45, 7) is 7.18. The molecule has 0 radical (unpaired) electrons. The molecule has 39 heavy (non-hydrogen) atoms. The van der Waals surface area contributed by atoms with Gasteiger partial charge in [-0.1, -0.05) is 44.5 Å². The van der Waals surface area contributed by atoms with E-state index in [1.54, 1.807) is 47.3 Å². The Kier molecular flexibility index (Phi) is 7.61. The predicted molar refractivity (Wildman–Crippen MR) is 143 cm³/mol. The van der Waals surface area contributed by atoms with Crippen LogP contribution in [0.1, 0.15) is 42.3 Å². The summed E-state index contributed by atoms with van der Waals surface area (Å²) in [4.78, 5) is 25.4. The van der Waals surface area contributed by atoms with Gasteiger partial charge in [0, 0.05) is 17.3 Å². The number of benzene rings is 3. The number of nitrogens with zero attached hydrogens (tertiary/aromatic N) is 2. The van der Waals surface area contributed by atoms with Crippen LogP contribution < -0.4 is 15.4 Å². The fourth-order valence-electron chi connectivity index (χ4n) is 3.86. The van der Waals surface area contributed by atoms with Gasteiger partial charge in [-0.05, 0) is 60.5 Å². The first kappa shape index (κ1) is 28.0. The summed E-state index contributed by atoms with van der Waals surface area (Å²) in [7, 11) is 0. The standard InChI is InChI=1S/C28H26ClF3N4O3/c1-16-12-18(9-11-24(16)39-28(30,31)32)36-23-7-5-6-22(20(23)15-34-36)35-25(37)19-13-17(8-10-21(19)29)14-33-26(38)27(2,3)4/h5-13,15H,14H2,1-4H3,(H,33,38)(H,35,37). The molecule has 0 fully saturated rings. The van der Waals surface area contributed by atoms with E-state index < -0.39 is 17.7 Å². The summed E-state index contributed by atoms with van der Waals surface area (Å²) in [6.07, 6.45) is -3.24. The minimum Gasteiger partial charge on any atom is -0.406 e. The quantitative estimate of drug-likeness (QED) is 0.272. The molecule has 204 valence electrons. The van der Waals surface area contributed by atoms with Gasteiger partial charge in [0.2, 0.25) is 5.91 Å². The van der Waals surface area contributed by atoms with Crippen molar-refractivity contribution in [1.82, 2.24) is 15.1 Å². The van der Waals surface area contributed by atoms with Gasteiger partial charge < -0.3 is 15.4 Å². The maximum atomic E-state index is 13.2. The van der Waals surface area contributed by atoms with Crippen LogP contribution in [0.3, 0.4) is 0 Å². The smallest absolute Gasteiger partial charge is 0.406 e. The number of carbonyl (C=O) groups is 2. The first-order valence-electron chi connectivity index (χ1n) is 11.9. The molecule has 0 unspecified atom stereocenters. The Morgan fingerprint density at radius 1 is 1.05 bits per heavy atom. The molecule has 1 aromatic heterocycles. The van der Waals surface area contributed by atoms with Gasteiger partial charge in [0.05, 0.1) is 33.7 Å². The van der Waals surface area contributed by atoms with Crippen LogP contribution in [0.2, 0.25) is 5.02 Å². The lowest BCUT2D eigenvalue weighted by Gasteiger charge is -2.18. The first-order chi connectivity index (χ1) is 18.2. The monoisotopic (exact) mass is 558 g/mol. The van der Waals surface area contributed by atoms with Gasteiger partial charge in [-0.3, -0.25) is 9.59 Å². The third kappa shape index (κ3) is 6.51. The highest BCUT2D eigenvalue weighted by atomic mass is 35.5. The van der Waals surface area contributed by atoms with Crippen LogP contribution in [-0.2, 0) is 11.3 Å². The number of carbonyl (C=O) groups excluding carboxylic acids is 2. The zero-order valence-electron chi connectivity index (χ0n) is 21.6. The Morgan fingerprint density at radius 3 is 2.46 bits per heavy atom. The summed E-state index contributed by atoms with van der Waals surface area (Å²) in [5, 5.41) is 10.9. The van der Waals surface area contributed by atoms with Gasteiger partial charge >= 0.3 is 6.36 Å². The number of ether oxygens (including phenoxy) is 1.